The van der Waals surface area contributed by atoms with Crippen molar-refractivity contribution in [3.63, 3.8) is 0 Å². The lowest BCUT2D eigenvalue weighted by Crippen LogP contribution is -2.29. The molecule has 2 aromatic rings. The van der Waals surface area contributed by atoms with Gasteiger partial charge in [-0.25, -0.2) is 0 Å². The minimum atomic E-state index is -0.394. The summed E-state index contributed by atoms with van der Waals surface area (Å²) in [7, 11) is 6.05. The van der Waals surface area contributed by atoms with Crippen LogP contribution < -0.4 is 24.4 Å². The summed E-state index contributed by atoms with van der Waals surface area (Å²) in [5.74, 6) is 0.355. The summed E-state index contributed by atoms with van der Waals surface area (Å²) in [5.41, 5.74) is 1.23. The van der Waals surface area contributed by atoms with Crippen LogP contribution in [-0.2, 0) is 4.79 Å². The molecule has 2 aromatic carbocycles. The van der Waals surface area contributed by atoms with Gasteiger partial charge in [0.25, 0.3) is 5.91 Å². The summed E-state index contributed by atoms with van der Waals surface area (Å²) in [6.45, 7) is 0. The van der Waals surface area contributed by atoms with Gasteiger partial charge >= 0.3 is 0 Å². The van der Waals surface area contributed by atoms with E-state index in [9.17, 15) is 9.59 Å². The first-order chi connectivity index (χ1) is 13.0. The highest BCUT2D eigenvalue weighted by atomic mass is 35.5. The van der Waals surface area contributed by atoms with E-state index in [-0.39, 0.29) is 11.8 Å². The molecule has 0 heterocycles. The summed E-state index contributed by atoms with van der Waals surface area (Å²) >= 11 is 5.62. The Balaban J connectivity index is 2.37. The summed E-state index contributed by atoms with van der Waals surface area (Å²) in [6.07, 6.45) is 0. The van der Waals surface area contributed by atoms with Crippen molar-refractivity contribution in [3.05, 3.63) is 42.0 Å². The number of halogens is 1. The van der Waals surface area contributed by atoms with Crippen LogP contribution in [0.4, 0.5) is 11.4 Å². The molecule has 0 fully saturated rings. The van der Waals surface area contributed by atoms with E-state index in [1.54, 1.807) is 43.4 Å². The number of anilines is 2. The number of carbonyl (C=O) groups excluding carboxylic acids is 2. The zero-order valence-corrected chi connectivity index (χ0v) is 16.3. The van der Waals surface area contributed by atoms with Gasteiger partial charge in [-0.1, -0.05) is 12.1 Å². The molecule has 0 bridgehead atoms. The third-order valence-electron chi connectivity index (χ3n) is 3.92. The third kappa shape index (κ3) is 4.43. The van der Waals surface area contributed by atoms with E-state index < -0.39 is 5.91 Å². The van der Waals surface area contributed by atoms with E-state index in [4.69, 9.17) is 25.8 Å². The molecular weight excluding hydrogens is 372 g/mol. The van der Waals surface area contributed by atoms with E-state index in [1.807, 2.05) is 0 Å². The molecule has 0 aliphatic carbocycles. The molecule has 0 aliphatic heterocycles. The Morgan fingerprint density at radius 2 is 1.63 bits per heavy atom. The van der Waals surface area contributed by atoms with E-state index in [1.165, 1.54) is 26.2 Å². The molecule has 0 radical (unpaired) electrons. The van der Waals surface area contributed by atoms with Crippen molar-refractivity contribution in [1.82, 2.24) is 0 Å². The molecular formula is C19H21ClN2O5. The number of methoxy groups -OCH3 is 3. The lowest BCUT2D eigenvalue weighted by Gasteiger charge is -2.20. The van der Waals surface area contributed by atoms with Crippen LogP contribution in [0, 0.1) is 0 Å². The van der Waals surface area contributed by atoms with Gasteiger partial charge in [-0.3, -0.25) is 9.59 Å². The van der Waals surface area contributed by atoms with Crippen LogP contribution in [0.1, 0.15) is 10.4 Å². The first kappa shape index (κ1) is 20.4. The lowest BCUT2D eigenvalue weighted by molar-refractivity contribution is -0.116. The molecule has 0 saturated heterocycles. The van der Waals surface area contributed by atoms with Crippen LogP contribution in [0.3, 0.4) is 0 Å². The Labute approximate surface area is 162 Å². The molecule has 0 saturated carbocycles. The fourth-order valence-corrected chi connectivity index (χ4v) is 2.71. The maximum atomic E-state index is 12.8. The second kappa shape index (κ2) is 9.14. The molecule has 144 valence electrons. The first-order valence-corrected chi connectivity index (χ1v) is 8.53. The Morgan fingerprint density at radius 3 is 2.15 bits per heavy atom. The van der Waals surface area contributed by atoms with Gasteiger partial charge < -0.3 is 24.4 Å². The largest absolute Gasteiger partial charge is 0.493 e. The highest BCUT2D eigenvalue weighted by Crippen LogP contribution is 2.40. The molecule has 0 aromatic heterocycles. The number of para-hydroxylation sites is 1. The Kier molecular flexibility index (Phi) is 6.90. The highest BCUT2D eigenvalue weighted by Gasteiger charge is 2.19. The van der Waals surface area contributed by atoms with E-state index in [0.29, 0.717) is 34.2 Å². The molecule has 27 heavy (non-hydrogen) atoms. The van der Waals surface area contributed by atoms with Crippen LogP contribution in [0.15, 0.2) is 36.4 Å². The van der Waals surface area contributed by atoms with Crippen LogP contribution >= 0.6 is 11.6 Å². The van der Waals surface area contributed by atoms with E-state index >= 15 is 0 Å². The lowest BCUT2D eigenvalue weighted by atomic mass is 10.1. The number of hydrogen-bond donors (Lipinski definition) is 1. The molecule has 8 heteroatoms. The van der Waals surface area contributed by atoms with Crippen LogP contribution in [-0.4, -0.2) is 46.1 Å². The molecule has 0 aliphatic rings. The average molecular weight is 393 g/mol. The van der Waals surface area contributed by atoms with Crippen molar-refractivity contribution in [2.75, 3.05) is 44.5 Å². The second-order valence-corrected chi connectivity index (χ2v) is 5.74. The minimum Gasteiger partial charge on any atom is -0.493 e. The number of nitrogens with zero attached hydrogens (tertiary/aromatic N) is 1. The van der Waals surface area contributed by atoms with Crippen LogP contribution in [0.25, 0.3) is 0 Å². The van der Waals surface area contributed by atoms with Gasteiger partial charge in [0, 0.05) is 24.9 Å². The third-order valence-corrected chi connectivity index (χ3v) is 4.15. The van der Waals surface area contributed by atoms with Gasteiger partial charge in [-0.2, -0.15) is 0 Å². The van der Waals surface area contributed by atoms with Gasteiger partial charge in [0.2, 0.25) is 11.7 Å². The maximum Gasteiger partial charge on any atom is 0.257 e. The number of carbonyl (C=O) groups is 2. The number of ether oxygens (including phenoxy) is 3. The van der Waals surface area contributed by atoms with Gasteiger partial charge in [-0.15, -0.1) is 11.6 Å². The number of rotatable bonds is 7. The number of alkyl halides is 1. The number of nitrogens with one attached hydrogen (secondary N) is 1. The van der Waals surface area contributed by atoms with E-state index in [0.717, 1.165) is 0 Å². The summed E-state index contributed by atoms with van der Waals surface area (Å²) in [5, 5.41) is 2.79. The monoisotopic (exact) mass is 392 g/mol. The molecule has 0 atom stereocenters. The molecule has 7 nitrogen and oxygen atoms in total. The van der Waals surface area contributed by atoms with Crippen molar-refractivity contribution in [3.8, 4) is 17.2 Å². The Bertz CT molecular complexity index is 816. The normalized spacial score (nSPS) is 10.1. The van der Waals surface area contributed by atoms with Crippen molar-refractivity contribution in [2.24, 2.45) is 0 Å². The number of hydrogen-bond acceptors (Lipinski definition) is 5. The van der Waals surface area contributed by atoms with Crippen molar-refractivity contribution in [1.29, 1.82) is 0 Å². The van der Waals surface area contributed by atoms with Crippen molar-refractivity contribution >= 4 is 34.8 Å². The smallest absolute Gasteiger partial charge is 0.257 e. The van der Waals surface area contributed by atoms with Gasteiger partial charge in [0.05, 0.1) is 32.6 Å². The molecule has 0 spiro atoms. The highest BCUT2D eigenvalue weighted by molar-refractivity contribution is 6.29. The zero-order valence-electron chi connectivity index (χ0n) is 15.5. The maximum absolute atomic E-state index is 12.8. The Hall–Kier alpha value is -2.93. The zero-order chi connectivity index (χ0) is 20.0. The summed E-state index contributed by atoms with van der Waals surface area (Å²) in [6, 6.07) is 10.00. The molecule has 2 amide bonds. The molecule has 0 unspecified atom stereocenters. The summed E-state index contributed by atoms with van der Waals surface area (Å²) in [4.78, 5) is 26.1. The van der Waals surface area contributed by atoms with Crippen LogP contribution in [0.2, 0.25) is 0 Å². The topological polar surface area (TPSA) is 77.1 Å². The predicted molar refractivity (Wildman–Crippen MR) is 105 cm³/mol. The fourth-order valence-electron chi connectivity index (χ4n) is 2.53. The molecule has 1 N–H and O–H groups in total. The van der Waals surface area contributed by atoms with Gasteiger partial charge in [0.1, 0.15) is 5.88 Å². The predicted octanol–water partition coefficient (Wildman–Crippen LogP) is 3.17. The van der Waals surface area contributed by atoms with Gasteiger partial charge in [0.15, 0.2) is 11.5 Å². The summed E-state index contributed by atoms with van der Waals surface area (Å²) < 4.78 is 15.9. The van der Waals surface area contributed by atoms with Gasteiger partial charge in [-0.05, 0) is 12.1 Å². The second-order valence-electron chi connectivity index (χ2n) is 5.47. The molecule has 2 rings (SSSR count). The van der Waals surface area contributed by atoms with Crippen LogP contribution in [0.5, 0.6) is 17.2 Å². The van der Waals surface area contributed by atoms with Crippen molar-refractivity contribution < 1.29 is 23.8 Å². The fraction of sp³-hybridized carbons (Fsp3) is 0.263. The van der Waals surface area contributed by atoms with Crippen molar-refractivity contribution in [2.45, 2.75) is 0 Å². The average Bonchev–Trinajstić information content (AvgIpc) is 2.71. The first-order valence-electron chi connectivity index (χ1n) is 7.99. The van der Waals surface area contributed by atoms with E-state index in [2.05, 4.69) is 5.32 Å². The number of benzene rings is 2. The SMILES string of the molecule is COc1cc(NC(=O)c2ccccc2N(C)C(=O)CCl)cc(OC)c1OC. The standard InChI is InChI=1S/C19H21ClN2O5/c1-22(17(23)11-20)14-8-6-5-7-13(14)19(24)21-12-9-15(25-2)18(27-4)16(10-12)26-3/h5-10H,11H2,1-4H3,(H,21,24). The Morgan fingerprint density at radius 1 is 1.04 bits per heavy atom. The number of amides is 2. The minimum absolute atomic E-state index is 0.181. The quantitative estimate of drug-likeness (QED) is 0.732.